The number of aromatic nitrogens is 3. The minimum Gasteiger partial charge on any atom is -0.325 e. The summed E-state index contributed by atoms with van der Waals surface area (Å²) >= 11 is 1.40. The van der Waals surface area contributed by atoms with Crippen LogP contribution >= 0.6 is 11.8 Å². The van der Waals surface area contributed by atoms with Crippen LogP contribution in [0.5, 0.6) is 0 Å². The van der Waals surface area contributed by atoms with E-state index in [1.165, 1.54) is 33.8 Å². The number of rotatable bonds is 4. The average molecular weight is 405 g/mol. The Labute approximate surface area is 174 Å². The zero-order valence-electron chi connectivity index (χ0n) is 17.3. The molecule has 4 aromatic rings. The number of pyridine rings is 1. The average Bonchev–Trinajstić information content (AvgIpc) is 3.06. The molecule has 29 heavy (non-hydrogen) atoms. The Morgan fingerprint density at radius 2 is 1.79 bits per heavy atom. The number of nitrogens with zero attached hydrogens (tertiary/aromatic N) is 3. The molecular weight excluding hydrogens is 380 g/mol. The van der Waals surface area contributed by atoms with Crippen molar-refractivity contribution in [2.45, 2.75) is 39.8 Å². The van der Waals surface area contributed by atoms with Gasteiger partial charge in [-0.2, -0.15) is 0 Å². The van der Waals surface area contributed by atoms with E-state index in [4.69, 9.17) is 0 Å². The van der Waals surface area contributed by atoms with Gasteiger partial charge in [0.2, 0.25) is 5.91 Å². The molecule has 0 spiro atoms. The van der Waals surface area contributed by atoms with Crippen LogP contribution in [0.4, 0.5) is 5.69 Å². The molecule has 0 aliphatic carbocycles. The summed E-state index contributed by atoms with van der Waals surface area (Å²) in [5, 5.41) is 13.6. The monoisotopic (exact) mass is 404 g/mol. The molecule has 2 aromatic heterocycles. The summed E-state index contributed by atoms with van der Waals surface area (Å²) in [6.07, 6.45) is 0. The summed E-state index contributed by atoms with van der Waals surface area (Å²) in [5.74, 6) is 0.221. The van der Waals surface area contributed by atoms with Gasteiger partial charge in [0.1, 0.15) is 0 Å². The van der Waals surface area contributed by atoms with Gasteiger partial charge in [-0.25, -0.2) is 0 Å². The van der Waals surface area contributed by atoms with E-state index in [1.807, 2.05) is 32.0 Å². The Morgan fingerprint density at radius 3 is 2.59 bits per heavy atom. The van der Waals surface area contributed by atoms with Crippen molar-refractivity contribution in [1.82, 2.24) is 14.6 Å². The number of aryl methyl sites for hydroxylation is 4. The third-order valence-corrected chi connectivity index (χ3v) is 6.24. The summed E-state index contributed by atoms with van der Waals surface area (Å²) in [6.45, 7) is 10.4. The Kier molecular flexibility index (Phi) is 5.04. The van der Waals surface area contributed by atoms with Gasteiger partial charge in [0.05, 0.1) is 11.3 Å². The van der Waals surface area contributed by atoms with Gasteiger partial charge in [-0.1, -0.05) is 35.5 Å². The van der Waals surface area contributed by atoms with E-state index >= 15 is 0 Å². The van der Waals surface area contributed by atoms with Gasteiger partial charge >= 0.3 is 0 Å². The Balaban J connectivity index is 1.64. The van der Waals surface area contributed by atoms with Crippen LogP contribution in [-0.4, -0.2) is 26.3 Å². The molecule has 0 saturated carbocycles. The highest BCUT2D eigenvalue weighted by Gasteiger charge is 2.15. The molecule has 6 heteroatoms. The van der Waals surface area contributed by atoms with Crippen LogP contribution in [0, 0.1) is 34.6 Å². The maximum Gasteiger partial charge on any atom is 0.234 e. The smallest absolute Gasteiger partial charge is 0.234 e. The molecule has 5 nitrogen and oxygen atoms in total. The molecule has 2 heterocycles. The number of nitrogens with one attached hydrogen (secondary N) is 1. The lowest BCUT2D eigenvalue weighted by molar-refractivity contribution is -0.113. The first kappa shape index (κ1) is 19.5. The van der Waals surface area contributed by atoms with Gasteiger partial charge in [0, 0.05) is 11.1 Å². The Hall–Kier alpha value is -2.86. The second kappa shape index (κ2) is 7.52. The van der Waals surface area contributed by atoms with Crippen molar-refractivity contribution in [3.05, 3.63) is 64.2 Å². The van der Waals surface area contributed by atoms with Crippen LogP contribution in [0.1, 0.15) is 27.8 Å². The SMILES string of the molecule is Cc1cc(C)c2c(c1)c(C)cc1nnc(SCC(=O)Nc3cccc(C)c3C)n12. The molecule has 0 unspecified atom stereocenters. The van der Waals surface area contributed by atoms with E-state index in [1.54, 1.807) is 0 Å². The van der Waals surface area contributed by atoms with Gasteiger partial charge in [-0.05, 0) is 75.1 Å². The summed E-state index contributed by atoms with van der Waals surface area (Å²) in [5.41, 5.74) is 8.60. The van der Waals surface area contributed by atoms with Crippen LogP contribution in [-0.2, 0) is 4.79 Å². The molecular formula is C23H24N4OS. The number of anilines is 1. The molecule has 0 bridgehead atoms. The van der Waals surface area contributed by atoms with Crippen LogP contribution in [0.3, 0.4) is 0 Å². The van der Waals surface area contributed by atoms with Crippen molar-refractivity contribution in [3.8, 4) is 0 Å². The van der Waals surface area contributed by atoms with E-state index in [2.05, 4.69) is 58.9 Å². The number of carbonyl (C=O) groups excluding carboxylic acids is 1. The first-order valence-corrected chi connectivity index (χ1v) is 10.6. The molecule has 4 rings (SSSR count). The minimum atomic E-state index is -0.0515. The Morgan fingerprint density at radius 1 is 1.00 bits per heavy atom. The van der Waals surface area contributed by atoms with Crippen molar-refractivity contribution in [1.29, 1.82) is 0 Å². The first-order chi connectivity index (χ1) is 13.8. The topological polar surface area (TPSA) is 59.3 Å². The fourth-order valence-corrected chi connectivity index (χ4v) is 4.45. The van der Waals surface area contributed by atoms with Gasteiger partial charge < -0.3 is 5.32 Å². The lowest BCUT2D eigenvalue weighted by atomic mass is 10.0. The number of hydrogen-bond acceptors (Lipinski definition) is 4. The van der Waals surface area contributed by atoms with Gasteiger partial charge in [-0.3, -0.25) is 9.20 Å². The van der Waals surface area contributed by atoms with Crippen LogP contribution in [0.15, 0.2) is 41.6 Å². The van der Waals surface area contributed by atoms with E-state index in [0.717, 1.165) is 33.1 Å². The van der Waals surface area contributed by atoms with Gasteiger partial charge in [0.15, 0.2) is 10.8 Å². The third-order valence-electron chi connectivity index (χ3n) is 5.31. The van der Waals surface area contributed by atoms with Crippen LogP contribution in [0.2, 0.25) is 0 Å². The lowest BCUT2D eigenvalue weighted by Gasteiger charge is -2.12. The summed E-state index contributed by atoms with van der Waals surface area (Å²) in [7, 11) is 0. The summed E-state index contributed by atoms with van der Waals surface area (Å²) in [6, 6.07) is 12.3. The van der Waals surface area contributed by atoms with Crippen molar-refractivity contribution < 1.29 is 4.79 Å². The molecule has 148 valence electrons. The zero-order chi connectivity index (χ0) is 20.7. The van der Waals surface area contributed by atoms with Crippen molar-refractivity contribution in [3.63, 3.8) is 0 Å². The fourth-order valence-electron chi connectivity index (χ4n) is 3.71. The van der Waals surface area contributed by atoms with E-state index in [9.17, 15) is 4.79 Å². The molecule has 0 radical (unpaired) electrons. The van der Waals surface area contributed by atoms with Crippen LogP contribution < -0.4 is 5.32 Å². The van der Waals surface area contributed by atoms with Gasteiger partial charge in [0.25, 0.3) is 0 Å². The molecule has 1 N–H and O–H groups in total. The summed E-state index contributed by atoms with van der Waals surface area (Å²) < 4.78 is 2.06. The number of amides is 1. The highest BCUT2D eigenvalue weighted by atomic mass is 32.2. The van der Waals surface area contributed by atoms with Crippen molar-refractivity contribution >= 4 is 39.9 Å². The Bertz CT molecular complexity index is 1260. The third kappa shape index (κ3) is 3.60. The molecule has 0 aliphatic rings. The quantitative estimate of drug-likeness (QED) is 0.478. The number of fused-ring (bicyclic) bond motifs is 3. The minimum absolute atomic E-state index is 0.0515. The maximum atomic E-state index is 12.5. The molecule has 0 fully saturated rings. The van der Waals surface area contributed by atoms with Gasteiger partial charge in [-0.15, -0.1) is 10.2 Å². The second-order valence-electron chi connectivity index (χ2n) is 7.57. The number of hydrogen-bond donors (Lipinski definition) is 1. The lowest BCUT2D eigenvalue weighted by Crippen LogP contribution is -2.15. The van der Waals surface area contributed by atoms with Crippen molar-refractivity contribution in [2.24, 2.45) is 0 Å². The normalized spacial score (nSPS) is 11.3. The van der Waals surface area contributed by atoms with E-state index in [-0.39, 0.29) is 11.7 Å². The van der Waals surface area contributed by atoms with Crippen LogP contribution in [0.25, 0.3) is 16.6 Å². The number of thioether (sulfide) groups is 1. The molecule has 2 aromatic carbocycles. The maximum absolute atomic E-state index is 12.5. The predicted molar refractivity (Wildman–Crippen MR) is 120 cm³/mol. The first-order valence-electron chi connectivity index (χ1n) is 9.59. The van der Waals surface area contributed by atoms with E-state index in [0.29, 0.717) is 0 Å². The molecule has 1 amide bonds. The molecule has 0 saturated heterocycles. The highest BCUT2D eigenvalue weighted by molar-refractivity contribution is 7.99. The predicted octanol–water partition coefficient (Wildman–Crippen LogP) is 5.16. The zero-order valence-corrected chi connectivity index (χ0v) is 18.1. The van der Waals surface area contributed by atoms with Crippen molar-refractivity contribution in [2.75, 3.05) is 11.1 Å². The molecule has 0 atom stereocenters. The second-order valence-corrected chi connectivity index (χ2v) is 8.51. The standard InChI is InChI=1S/C23H24N4OS/c1-13-9-16(4)22-18(10-13)15(3)11-20-25-26-23(27(20)22)29-12-21(28)24-19-8-6-7-14(2)17(19)5/h6-11H,12H2,1-5H3,(H,24,28). The number of benzene rings is 2. The number of carbonyl (C=O) groups is 1. The largest absolute Gasteiger partial charge is 0.325 e. The molecule has 0 aliphatic heterocycles. The summed E-state index contributed by atoms with van der Waals surface area (Å²) in [4.78, 5) is 12.5. The van der Waals surface area contributed by atoms with E-state index < -0.39 is 0 Å². The fraction of sp³-hybridized carbons (Fsp3) is 0.261. The highest BCUT2D eigenvalue weighted by Crippen LogP contribution is 2.29.